The van der Waals surface area contributed by atoms with E-state index in [1.807, 2.05) is 6.92 Å². The molecule has 1 aromatic carbocycles. The van der Waals surface area contributed by atoms with Crippen LogP contribution in [0.4, 0.5) is 8.78 Å². The van der Waals surface area contributed by atoms with Gasteiger partial charge in [-0.2, -0.15) is 0 Å². The summed E-state index contributed by atoms with van der Waals surface area (Å²) in [6, 6.07) is 4.23. The van der Waals surface area contributed by atoms with Gasteiger partial charge in [0.05, 0.1) is 0 Å². The SMILES string of the molecule is CC1(c2cccc(F)c2F)C=CNC=C1. The van der Waals surface area contributed by atoms with Crippen LogP contribution < -0.4 is 5.32 Å². The van der Waals surface area contributed by atoms with Crippen molar-refractivity contribution < 1.29 is 8.78 Å². The van der Waals surface area contributed by atoms with E-state index in [1.165, 1.54) is 6.07 Å². The molecule has 0 fully saturated rings. The van der Waals surface area contributed by atoms with Gasteiger partial charge in [0.15, 0.2) is 11.6 Å². The highest BCUT2D eigenvalue weighted by atomic mass is 19.2. The van der Waals surface area contributed by atoms with Crippen molar-refractivity contribution in [3.63, 3.8) is 0 Å². The van der Waals surface area contributed by atoms with Crippen LogP contribution in [-0.4, -0.2) is 0 Å². The first-order valence-corrected chi connectivity index (χ1v) is 4.69. The van der Waals surface area contributed by atoms with Crippen molar-refractivity contribution in [3.8, 4) is 0 Å². The van der Waals surface area contributed by atoms with E-state index in [1.54, 1.807) is 30.6 Å². The lowest BCUT2D eigenvalue weighted by atomic mass is 9.81. The normalized spacial score (nSPS) is 17.5. The molecule has 1 aromatic rings. The third kappa shape index (κ3) is 1.65. The van der Waals surface area contributed by atoms with Gasteiger partial charge in [0.1, 0.15) is 0 Å². The number of dihydropyridines is 1. The molecule has 0 saturated carbocycles. The van der Waals surface area contributed by atoms with Crippen LogP contribution in [0.25, 0.3) is 0 Å². The van der Waals surface area contributed by atoms with Crippen LogP contribution in [0.5, 0.6) is 0 Å². The smallest absolute Gasteiger partial charge is 0.163 e. The van der Waals surface area contributed by atoms with Gasteiger partial charge < -0.3 is 5.32 Å². The van der Waals surface area contributed by atoms with E-state index >= 15 is 0 Å². The Morgan fingerprint density at radius 3 is 2.47 bits per heavy atom. The number of nitrogens with one attached hydrogen (secondary N) is 1. The number of rotatable bonds is 1. The lowest BCUT2D eigenvalue weighted by Crippen LogP contribution is -2.22. The van der Waals surface area contributed by atoms with Gasteiger partial charge in [-0.25, -0.2) is 8.78 Å². The first kappa shape index (κ1) is 9.90. The molecule has 0 bridgehead atoms. The molecule has 0 aromatic heterocycles. The summed E-state index contributed by atoms with van der Waals surface area (Å²) in [5.74, 6) is -1.59. The summed E-state index contributed by atoms with van der Waals surface area (Å²) in [5.41, 5.74) is -0.242. The third-order valence-corrected chi connectivity index (χ3v) is 2.58. The average molecular weight is 207 g/mol. The molecular weight excluding hydrogens is 196 g/mol. The molecule has 1 aliphatic rings. The van der Waals surface area contributed by atoms with Gasteiger partial charge in [0, 0.05) is 11.0 Å². The molecule has 1 N–H and O–H groups in total. The topological polar surface area (TPSA) is 12.0 Å². The van der Waals surface area contributed by atoms with Crippen LogP contribution in [0.1, 0.15) is 12.5 Å². The molecule has 0 aliphatic carbocycles. The summed E-state index contributed by atoms with van der Waals surface area (Å²) in [6.07, 6.45) is 7.02. The summed E-state index contributed by atoms with van der Waals surface area (Å²) in [6.45, 7) is 1.83. The molecule has 15 heavy (non-hydrogen) atoms. The van der Waals surface area contributed by atoms with Crippen molar-refractivity contribution in [1.82, 2.24) is 5.32 Å². The Bertz CT molecular complexity index is 423. The predicted octanol–water partition coefficient (Wildman–Crippen LogP) is 2.85. The number of hydrogen-bond acceptors (Lipinski definition) is 1. The molecule has 0 radical (unpaired) electrons. The van der Waals surface area contributed by atoms with Crippen molar-refractivity contribution in [2.24, 2.45) is 0 Å². The molecule has 1 aliphatic heterocycles. The van der Waals surface area contributed by atoms with E-state index in [4.69, 9.17) is 0 Å². The van der Waals surface area contributed by atoms with Crippen LogP contribution in [-0.2, 0) is 5.41 Å². The summed E-state index contributed by atoms with van der Waals surface area (Å²) in [5, 5.41) is 2.87. The fraction of sp³-hybridized carbons (Fsp3) is 0.167. The van der Waals surface area contributed by atoms with Crippen LogP contribution in [0.2, 0.25) is 0 Å². The Balaban J connectivity index is 2.53. The number of hydrogen-bond donors (Lipinski definition) is 1. The summed E-state index contributed by atoms with van der Waals surface area (Å²) in [7, 11) is 0. The zero-order chi connectivity index (χ0) is 10.9. The molecule has 1 nitrogen and oxygen atoms in total. The van der Waals surface area contributed by atoms with Crippen LogP contribution >= 0.6 is 0 Å². The fourth-order valence-corrected chi connectivity index (χ4v) is 1.65. The molecule has 0 unspecified atom stereocenters. The molecule has 0 atom stereocenters. The molecule has 78 valence electrons. The Kier molecular flexibility index (Phi) is 2.31. The minimum atomic E-state index is -0.811. The largest absolute Gasteiger partial charge is 0.368 e. The van der Waals surface area contributed by atoms with E-state index in [2.05, 4.69) is 5.32 Å². The van der Waals surface area contributed by atoms with E-state index < -0.39 is 17.0 Å². The maximum Gasteiger partial charge on any atom is 0.163 e. The van der Waals surface area contributed by atoms with E-state index in [-0.39, 0.29) is 0 Å². The van der Waals surface area contributed by atoms with Crippen LogP contribution in [0, 0.1) is 11.6 Å². The van der Waals surface area contributed by atoms with Crippen molar-refractivity contribution in [3.05, 3.63) is 59.9 Å². The Hall–Kier alpha value is -1.64. The highest BCUT2D eigenvalue weighted by Gasteiger charge is 2.26. The number of halogens is 2. The Labute approximate surface area is 87.1 Å². The zero-order valence-electron chi connectivity index (χ0n) is 8.30. The minimum Gasteiger partial charge on any atom is -0.368 e. The molecule has 1 heterocycles. The number of benzene rings is 1. The summed E-state index contributed by atoms with van der Waals surface area (Å²) >= 11 is 0. The Morgan fingerprint density at radius 1 is 1.13 bits per heavy atom. The second kappa shape index (κ2) is 3.50. The molecular formula is C12H11F2N. The first-order chi connectivity index (χ1) is 7.13. The predicted molar refractivity (Wildman–Crippen MR) is 55.1 cm³/mol. The lowest BCUT2D eigenvalue weighted by molar-refractivity contribution is 0.486. The van der Waals surface area contributed by atoms with E-state index in [9.17, 15) is 8.78 Å². The van der Waals surface area contributed by atoms with Crippen LogP contribution in [0.15, 0.2) is 42.8 Å². The lowest BCUT2D eigenvalue weighted by Gasteiger charge is -2.25. The minimum absolute atomic E-state index is 0.344. The molecule has 0 saturated heterocycles. The second-order valence-corrected chi connectivity index (χ2v) is 3.72. The summed E-state index contributed by atoms with van der Waals surface area (Å²) < 4.78 is 26.6. The van der Waals surface area contributed by atoms with Crippen LogP contribution in [0.3, 0.4) is 0 Å². The molecule has 3 heteroatoms. The standard InChI is InChI=1S/C12H11F2N/c1-12(5-7-15-8-6-12)9-3-2-4-10(13)11(9)14/h2-8,15H,1H3. The maximum atomic E-state index is 13.6. The van der Waals surface area contributed by atoms with Crippen molar-refractivity contribution in [2.45, 2.75) is 12.3 Å². The monoisotopic (exact) mass is 207 g/mol. The maximum absolute atomic E-state index is 13.6. The Morgan fingerprint density at radius 2 is 1.80 bits per heavy atom. The molecule has 0 amide bonds. The zero-order valence-corrected chi connectivity index (χ0v) is 8.30. The number of allylic oxidation sites excluding steroid dienone is 2. The van der Waals surface area contributed by atoms with Gasteiger partial charge in [0.25, 0.3) is 0 Å². The van der Waals surface area contributed by atoms with E-state index in [0.717, 1.165) is 6.07 Å². The van der Waals surface area contributed by atoms with E-state index in [0.29, 0.717) is 5.56 Å². The van der Waals surface area contributed by atoms with Gasteiger partial charge >= 0.3 is 0 Å². The fourth-order valence-electron chi connectivity index (χ4n) is 1.65. The highest BCUT2D eigenvalue weighted by Crippen LogP contribution is 2.31. The van der Waals surface area contributed by atoms with Gasteiger partial charge in [-0.1, -0.05) is 24.3 Å². The third-order valence-electron chi connectivity index (χ3n) is 2.58. The first-order valence-electron chi connectivity index (χ1n) is 4.69. The molecule has 2 rings (SSSR count). The molecule has 0 spiro atoms. The summed E-state index contributed by atoms with van der Waals surface area (Å²) in [4.78, 5) is 0. The van der Waals surface area contributed by atoms with Gasteiger partial charge in [-0.3, -0.25) is 0 Å². The van der Waals surface area contributed by atoms with Gasteiger partial charge in [-0.15, -0.1) is 0 Å². The van der Waals surface area contributed by atoms with Crippen molar-refractivity contribution in [2.75, 3.05) is 0 Å². The second-order valence-electron chi connectivity index (χ2n) is 3.72. The van der Waals surface area contributed by atoms with Crippen molar-refractivity contribution in [1.29, 1.82) is 0 Å². The van der Waals surface area contributed by atoms with Crippen molar-refractivity contribution >= 4 is 0 Å². The quantitative estimate of drug-likeness (QED) is 0.746. The van der Waals surface area contributed by atoms with Gasteiger partial charge in [0.2, 0.25) is 0 Å². The highest BCUT2D eigenvalue weighted by molar-refractivity contribution is 5.38. The average Bonchev–Trinajstić information content (AvgIpc) is 2.23. The van der Waals surface area contributed by atoms with Gasteiger partial charge in [-0.05, 0) is 25.4 Å².